The van der Waals surface area contributed by atoms with E-state index in [0.29, 0.717) is 17.7 Å². The first-order valence-electron chi connectivity index (χ1n) is 10.6. The molecule has 7 nitrogen and oxygen atoms in total. The summed E-state index contributed by atoms with van der Waals surface area (Å²) in [6, 6.07) is 4.14. The molecule has 0 saturated carbocycles. The quantitative estimate of drug-likeness (QED) is 0.404. The summed E-state index contributed by atoms with van der Waals surface area (Å²) in [7, 11) is 0. The maximum Gasteiger partial charge on any atom is 0.407 e. The molecule has 0 bridgehead atoms. The fourth-order valence-corrected chi connectivity index (χ4v) is 4.53. The molecule has 1 amide bonds. The molecule has 1 unspecified atom stereocenters. The first-order chi connectivity index (χ1) is 14.6. The van der Waals surface area contributed by atoms with Gasteiger partial charge < -0.3 is 19.4 Å². The van der Waals surface area contributed by atoms with Crippen molar-refractivity contribution in [2.75, 3.05) is 18.9 Å². The molecule has 168 valence electrons. The number of nitrogens with zero attached hydrogens (tertiary/aromatic N) is 1. The monoisotopic (exact) mass is 446 g/mol. The lowest BCUT2D eigenvalue weighted by Gasteiger charge is -2.27. The number of hydrogen-bond donors (Lipinski definition) is 1. The van der Waals surface area contributed by atoms with Crippen LogP contribution < -0.4 is 10.7 Å². The Morgan fingerprint density at radius 3 is 2.71 bits per heavy atom. The molecule has 31 heavy (non-hydrogen) atoms. The number of rotatable bonds is 6. The van der Waals surface area contributed by atoms with E-state index in [2.05, 4.69) is 18.3 Å². The van der Waals surface area contributed by atoms with E-state index in [1.807, 2.05) is 31.4 Å². The first kappa shape index (κ1) is 23.2. The Kier molecular flexibility index (Phi) is 6.99. The summed E-state index contributed by atoms with van der Waals surface area (Å²) in [4.78, 5) is 38.2. The van der Waals surface area contributed by atoms with Gasteiger partial charge in [-0.15, -0.1) is 11.8 Å². The molecular formula is C23H30N2O5S. The van der Waals surface area contributed by atoms with E-state index >= 15 is 0 Å². The van der Waals surface area contributed by atoms with Crippen LogP contribution in [0.5, 0.6) is 0 Å². The van der Waals surface area contributed by atoms with Crippen LogP contribution >= 0.6 is 11.8 Å². The van der Waals surface area contributed by atoms with Gasteiger partial charge in [0.05, 0.1) is 12.1 Å². The van der Waals surface area contributed by atoms with Gasteiger partial charge in [-0.1, -0.05) is 0 Å². The molecule has 1 aromatic heterocycles. The van der Waals surface area contributed by atoms with E-state index in [9.17, 15) is 14.4 Å². The number of benzene rings is 1. The van der Waals surface area contributed by atoms with E-state index in [1.54, 1.807) is 24.9 Å². The Hall–Kier alpha value is -2.48. The maximum absolute atomic E-state index is 13.1. The smallest absolute Gasteiger partial charge is 0.407 e. The number of nitrogens with one attached hydrogen (secondary N) is 1. The summed E-state index contributed by atoms with van der Waals surface area (Å²) < 4.78 is 12.4. The van der Waals surface area contributed by atoms with Crippen molar-refractivity contribution >= 4 is 34.7 Å². The van der Waals surface area contributed by atoms with Crippen molar-refractivity contribution in [3.8, 4) is 0 Å². The highest BCUT2D eigenvalue weighted by molar-refractivity contribution is 7.99. The van der Waals surface area contributed by atoms with Crippen molar-refractivity contribution in [1.82, 2.24) is 9.88 Å². The number of pyridine rings is 1. The van der Waals surface area contributed by atoms with Gasteiger partial charge in [-0.25, -0.2) is 9.59 Å². The van der Waals surface area contributed by atoms with Gasteiger partial charge in [0, 0.05) is 34.8 Å². The summed E-state index contributed by atoms with van der Waals surface area (Å²) in [6.45, 7) is 9.93. The third-order valence-electron chi connectivity index (χ3n) is 5.02. The zero-order valence-corrected chi connectivity index (χ0v) is 19.6. The van der Waals surface area contributed by atoms with Crippen LogP contribution in [0.4, 0.5) is 4.79 Å². The molecule has 2 heterocycles. The van der Waals surface area contributed by atoms with Gasteiger partial charge in [-0.2, -0.15) is 0 Å². The normalized spacial score (nSPS) is 15.6. The first-order valence-corrected chi connectivity index (χ1v) is 11.6. The van der Waals surface area contributed by atoms with Gasteiger partial charge in [0.25, 0.3) is 0 Å². The predicted molar refractivity (Wildman–Crippen MR) is 122 cm³/mol. The number of thioether (sulfide) groups is 1. The summed E-state index contributed by atoms with van der Waals surface area (Å²) in [5.41, 5.74) is 1.24. The summed E-state index contributed by atoms with van der Waals surface area (Å²) in [6.07, 6.45) is 3.01. The lowest BCUT2D eigenvalue weighted by atomic mass is 9.96. The van der Waals surface area contributed by atoms with Crippen LogP contribution in [0.3, 0.4) is 0 Å². The Bertz CT molecular complexity index is 1050. The number of alkyl carbamates (subject to hydrolysis) is 1. The van der Waals surface area contributed by atoms with Gasteiger partial charge in [0.15, 0.2) is 0 Å². The standard InChI is InChI=1S/C23H30N2O5S/c1-6-29-21(27)18-13-25-14(2)7-8-15-11-16(12-17(19(15)25)20(18)26)31-10-9-24-22(28)30-23(3,4)5/h11-14H,6-10H2,1-5H3,(H,24,28). The molecule has 1 aliphatic heterocycles. The van der Waals surface area contributed by atoms with E-state index in [0.717, 1.165) is 28.8 Å². The van der Waals surface area contributed by atoms with Crippen molar-refractivity contribution in [3.05, 3.63) is 39.7 Å². The number of carbonyl (C=O) groups is 2. The zero-order chi connectivity index (χ0) is 22.8. The summed E-state index contributed by atoms with van der Waals surface area (Å²) in [5, 5.41) is 3.28. The third-order valence-corrected chi connectivity index (χ3v) is 6.00. The minimum absolute atomic E-state index is 0.0720. The van der Waals surface area contributed by atoms with Crippen LogP contribution in [0.25, 0.3) is 10.9 Å². The SMILES string of the molecule is CCOC(=O)c1cn2c3c(cc(SCCNC(=O)OC(C)(C)C)cc3c1=O)CCC2C. The molecule has 0 saturated heterocycles. The number of aromatic nitrogens is 1. The highest BCUT2D eigenvalue weighted by atomic mass is 32.2. The third kappa shape index (κ3) is 5.42. The number of carbonyl (C=O) groups excluding carboxylic acids is 2. The lowest BCUT2D eigenvalue weighted by Crippen LogP contribution is -2.33. The predicted octanol–water partition coefficient (Wildman–Crippen LogP) is 4.30. The summed E-state index contributed by atoms with van der Waals surface area (Å²) in [5.74, 6) is 0.0453. The Morgan fingerprint density at radius 1 is 1.29 bits per heavy atom. The minimum atomic E-state index is -0.586. The van der Waals surface area contributed by atoms with Gasteiger partial charge in [-0.3, -0.25) is 4.79 Å². The summed E-state index contributed by atoms with van der Waals surface area (Å²) >= 11 is 1.55. The second kappa shape index (κ2) is 9.34. The van der Waals surface area contributed by atoms with Crippen molar-refractivity contribution in [2.24, 2.45) is 0 Å². The van der Waals surface area contributed by atoms with Gasteiger partial charge >= 0.3 is 12.1 Å². The topological polar surface area (TPSA) is 86.6 Å². The maximum atomic E-state index is 13.1. The van der Waals surface area contributed by atoms with E-state index in [-0.39, 0.29) is 23.6 Å². The molecule has 2 aromatic rings. The number of amides is 1. The van der Waals surface area contributed by atoms with E-state index in [4.69, 9.17) is 9.47 Å². The van der Waals surface area contributed by atoms with Crippen molar-refractivity contribution in [2.45, 2.75) is 64.0 Å². The van der Waals surface area contributed by atoms with Crippen LogP contribution in [0, 0.1) is 0 Å². The highest BCUT2D eigenvalue weighted by Gasteiger charge is 2.24. The molecule has 1 aromatic carbocycles. The number of hydrogen-bond acceptors (Lipinski definition) is 6. The fourth-order valence-electron chi connectivity index (χ4n) is 3.67. The number of aryl methyl sites for hydroxylation is 1. The average molecular weight is 447 g/mol. The Morgan fingerprint density at radius 2 is 2.03 bits per heavy atom. The zero-order valence-electron chi connectivity index (χ0n) is 18.7. The molecule has 1 N–H and O–H groups in total. The lowest BCUT2D eigenvalue weighted by molar-refractivity contribution is 0.0516. The van der Waals surface area contributed by atoms with Gasteiger partial charge in [0.2, 0.25) is 5.43 Å². The minimum Gasteiger partial charge on any atom is -0.462 e. The molecule has 1 atom stereocenters. The molecule has 3 rings (SSSR count). The molecule has 0 radical (unpaired) electrons. The number of esters is 1. The van der Waals surface area contributed by atoms with Crippen LogP contribution in [0.2, 0.25) is 0 Å². The van der Waals surface area contributed by atoms with Crippen LogP contribution in [-0.4, -0.2) is 41.1 Å². The molecule has 1 aliphatic rings. The van der Waals surface area contributed by atoms with E-state index < -0.39 is 17.7 Å². The molecular weight excluding hydrogens is 416 g/mol. The van der Waals surface area contributed by atoms with Crippen molar-refractivity contribution in [1.29, 1.82) is 0 Å². The van der Waals surface area contributed by atoms with Crippen LogP contribution in [0.15, 0.2) is 28.0 Å². The molecule has 0 aliphatic carbocycles. The van der Waals surface area contributed by atoms with Gasteiger partial charge in [0.1, 0.15) is 11.2 Å². The van der Waals surface area contributed by atoms with Crippen molar-refractivity contribution in [3.63, 3.8) is 0 Å². The molecule has 0 spiro atoms. The Balaban J connectivity index is 1.85. The second-order valence-corrected chi connectivity index (χ2v) is 9.81. The fraction of sp³-hybridized carbons (Fsp3) is 0.522. The van der Waals surface area contributed by atoms with Crippen LogP contribution in [-0.2, 0) is 15.9 Å². The average Bonchev–Trinajstić information content (AvgIpc) is 2.68. The molecule has 0 fully saturated rings. The van der Waals surface area contributed by atoms with Crippen LogP contribution in [0.1, 0.15) is 63.0 Å². The van der Waals surface area contributed by atoms with Crippen molar-refractivity contribution < 1.29 is 19.1 Å². The largest absolute Gasteiger partial charge is 0.462 e. The van der Waals surface area contributed by atoms with E-state index in [1.165, 1.54) is 0 Å². The number of ether oxygens (including phenoxy) is 2. The Labute approximate surface area is 186 Å². The van der Waals surface area contributed by atoms with Gasteiger partial charge in [-0.05, 0) is 65.2 Å². The highest BCUT2D eigenvalue weighted by Crippen LogP contribution is 2.33. The second-order valence-electron chi connectivity index (χ2n) is 8.64. The molecule has 8 heteroatoms.